The number of ether oxygens (including phenoxy) is 1. The maximum atomic E-state index is 12.5. The van der Waals surface area contributed by atoms with Crippen LogP contribution < -0.4 is 19.4 Å². The monoisotopic (exact) mass is 585 g/mol. The van der Waals surface area contributed by atoms with E-state index in [9.17, 15) is 26.4 Å². The molecule has 0 spiro atoms. The van der Waals surface area contributed by atoms with Crippen LogP contribution in [0.2, 0.25) is 0 Å². The topological polar surface area (TPSA) is 171 Å². The molecule has 1 amide bonds. The van der Waals surface area contributed by atoms with Gasteiger partial charge in [-0.1, -0.05) is 36.6 Å². The Morgan fingerprint density at radius 1 is 1.05 bits per heavy atom. The van der Waals surface area contributed by atoms with E-state index in [1.807, 2.05) is 0 Å². The molecular formula is C25H23N5O8S2. The molecule has 0 bridgehead atoms. The minimum Gasteiger partial charge on any atom is -0.487 e. The van der Waals surface area contributed by atoms with Gasteiger partial charge in [-0.3, -0.25) is 9.48 Å². The quantitative estimate of drug-likeness (QED) is 0.243. The molecule has 2 heterocycles. The van der Waals surface area contributed by atoms with Gasteiger partial charge < -0.3 is 14.5 Å². The average molecular weight is 586 g/mol. The first-order valence-electron chi connectivity index (χ1n) is 11.5. The number of nitrogens with zero attached hydrogens (tertiary/aromatic N) is 4. The van der Waals surface area contributed by atoms with Gasteiger partial charge in [0.2, 0.25) is 0 Å². The zero-order chi connectivity index (χ0) is 28.9. The smallest absolute Gasteiger partial charge is 0.349 e. The zero-order valence-corrected chi connectivity index (χ0v) is 22.5. The van der Waals surface area contributed by atoms with E-state index in [4.69, 9.17) is 9.15 Å². The van der Waals surface area contributed by atoms with Crippen LogP contribution >= 0.6 is 0 Å². The second kappa shape index (κ2) is 11.5. The summed E-state index contributed by atoms with van der Waals surface area (Å²) in [5.41, 5.74) is -0.149. The molecule has 0 saturated heterocycles. The van der Waals surface area contributed by atoms with Gasteiger partial charge in [0.05, 0.1) is 18.4 Å². The SMILES string of the molecule is C=CS(=O)(=O)N(c1ccc(OCc2cn(CCNC(=O)c3cc4ccccc4oc3=O)nn2)cc1)S(=O)(=O)C=C. The Balaban J connectivity index is 1.33. The summed E-state index contributed by atoms with van der Waals surface area (Å²) in [7, 11) is -8.72. The van der Waals surface area contributed by atoms with Crippen LogP contribution in [0.1, 0.15) is 16.1 Å². The lowest BCUT2D eigenvalue weighted by atomic mass is 10.2. The summed E-state index contributed by atoms with van der Waals surface area (Å²) in [4.78, 5) is 24.6. The Morgan fingerprint density at radius 3 is 2.40 bits per heavy atom. The van der Waals surface area contributed by atoms with Crippen LogP contribution in [0.25, 0.3) is 11.0 Å². The van der Waals surface area contributed by atoms with Crippen molar-refractivity contribution in [3.63, 3.8) is 0 Å². The van der Waals surface area contributed by atoms with E-state index >= 15 is 0 Å². The van der Waals surface area contributed by atoms with Gasteiger partial charge in [-0.25, -0.2) is 21.6 Å². The molecule has 0 fully saturated rings. The molecule has 15 heteroatoms. The highest BCUT2D eigenvalue weighted by molar-refractivity contribution is 8.12. The lowest BCUT2D eigenvalue weighted by Crippen LogP contribution is -2.33. The molecule has 208 valence electrons. The lowest BCUT2D eigenvalue weighted by Gasteiger charge is -2.20. The fourth-order valence-corrected chi connectivity index (χ4v) is 6.13. The Bertz CT molecular complexity index is 1810. The first-order chi connectivity index (χ1) is 19.0. The summed E-state index contributed by atoms with van der Waals surface area (Å²) < 4.78 is 61.5. The van der Waals surface area contributed by atoms with Gasteiger partial charge >= 0.3 is 5.63 Å². The van der Waals surface area contributed by atoms with Crippen LogP contribution in [-0.4, -0.2) is 44.3 Å². The number of para-hydroxylation sites is 1. The first kappa shape index (κ1) is 28.3. The number of aromatic nitrogens is 3. The number of hydrogen-bond acceptors (Lipinski definition) is 10. The third-order valence-electron chi connectivity index (χ3n) is 5.42. The van der Waals surface area contributed by atoms with Gasteiger partial charge in [0, 0.05) is 22.7 Å². The Kier molecular flexibility index (Phi) is 8.16. The number of hydrogen-bond donors (Lipinski definition) is 1. The van der Waals surface area contributed by atoms with Gasteiger partial charge in [-0.05, 0) is 36.4 Å². The molecule has 0 unspecified atom stereocenters. The van der Waals surface area contributed by atoms with Gasteiger partial charge in [-0.2, -0.15) is 3.71 Å². The minimum atomic E-state index is -4.36. The minimum absolute atomic E-state index is 0.00344. The van der Waals surface area contributed by atoms with Gasteiger partial charge in [0.15, 0.2) is 0 Å². The second-order valence-corrected chi connectivity index (χ2v) is 11.8. The van der Waals surface area contributed by atoms with Crippen molar-refractivity contribution >= 4 is 42.6 Å². The number of amides is 1. The molecule has 0 radical (unpaired) electrons. The van der Waals surface area contributed by atoms with Gasteiger partial charge in [-0.15, -0.1) is 5.10 Å². The Labute approximate surface area is 229 Å². The van der Waals surface area contributed by atoms with Gasteiger partial charge in [0.1, 0.15) is 29.2 Å². The third-order valence-corrected chi connectivity index (χ3v) is 8.85. The number of nitrogens with one attached hydrogen (secondary N) is 1. The van der Waals surface area contributed by atoms with E-state index in [2.05, 4.69) is 28.8 Å². The van der Waals surface area contributed by atoms with Crippen LogP contribution in [0, 0.1) is 0 Å². The number of anilines is 1. The molecule has 1 N–H and O–H groups in total. The predicted molar refractivity (Wildman–Crippen MR) is 146 cm³/mol. The standard InChI is InChI=1S/C25H23N5O8S2/c1-3-39(33,34)30(40(35,36)4-2)20-9-11-21(12-10-20)37-17-19-16-29(28-27-19)14-13-26-24(31)22-15-18-7-5-6-8-23(18)38-25(22)32/h3-12,15-16H,1-2,13-14,17H2,(H,26,31). The fraction of sp³-hybridized carbons (Fsp3) is 0.120. The van der Waals surface area contributed by atoms with Crippen LogP contribution in [-0.2, 0) is 33.2 Å². The third kappa shape index (κ3) is 6.27. The van der Waals surface area contributed by atoms with E-state index in [1.54, 1.807) is 30.5 Å². The van der Waals surface area contributed by atoms with Crippen LogP contribution in [0.15, 0.2) is 94.0 Å². The molecule has 0 aliphatic heterocycles. The molecule has 2 aromatic carbocycles. The van der Waals surface area contributed by atoms with E-state index in [0.717, 1.165) is 0 Å². The van der Waals surface area contributed by atoms with Crippen LogP contribution in [0.4, 0.5) is 5.69 Å². The molecule has 0 aliphatic rings. The van der Waals surface area contributed by atoms with E-state index in [1.165, 1.54) is 35.0 Å². The van der Waals surface area contributed by atoms with Gasteiger partial charge in [0.25, 0.3) is 26.0 Å². The second-order valence-electron chi connectivity index (χ2n) is 8.12. The summed E-state index contributed by atoms with van der Waals surface area (Å²) in [6, 6.07) is 13.6. The van der Waals surface area contributed by atoms with Crippen LogP contribution in [0.5, 0.6) is 5.75 Å². The number of rotatable bonds is 12. The highest BCUT2D eigenvalue weighted by Gasteiger charge is 2.30. The molecular weight excluding hydrogens is 562 g/mol. The number of sulfonamides is 2. The highest BCUT2D eigenvalue weighted by atomic mass is 32.3. The van der Waals surface area contributed by atoms with Crippen molar-refractivity contribution in [2.75, 3.05) is 10.3 Å². The Morgan fingerprint density at radius 2 is 1.73 bits per heavy atom. The maximum Gasteiger partial charge on any atom is 0.349 e. The fourth-order valence-electron chi connectivity index (χ4n) is 3.51. The van der Waals surface area contributed by atoms with Crippen molar-refractivity contribution < 1.29 is 30.8 Å². The van der Waals surface area contributed by atoms with Crippen molar-refractivity contribution in [2.24, 2.45) is 0 Å². The molecule has 40 heavy (non-hydrogen) atoms. The largest absolute Gasteiger partial charge is 0.487 e. The summed E-state index contributed by atoms with van der Waals surface area (Å²) in [5.74, 6) is -0.265. The molecule has 0 aliphatic carbocycles. The number of carbonyl (C=O) groups excluding carboxylic acids is 1. The van der Waals surface area contributed by atoms with Crippen LogP contribution in [0.3, 0.4) is 0 Å². The molecule has 2 aromatic heterocycles. The van der Waals surface area contributed by atoms with Crippen molar-refractivity contribution in [3.05, 3.63) is 106 Å². The summed E-state index contributed by atoms with van der Waals surface area (Å²) in [5, 5.41) is 12.3. The summed E-state index contributed by atoms with van der Waals surface area (Å²) in [6.45, 7) is 6.74. The highest BCUT2D eigenvalue weighted by Crippen LogP contribution is 2.26. The Hall–Kier alpha value is -4.76. The number of fused-ring (bicyclic) bond motifs is 1. The van der Waals surface area contributed by atoms with E-state index < -0.39 is 31.6 Å². The van der Waals surface area contributed by atoms with E-state index in [0.29, 0.717) is 33.2 Å². The van der Waals surface area contributed by atoms with Crippen molar-refractivity contribution in [1.29, 1.82) is 0 Å². The average Bonchev–Trinajstić information content (AvgIpc) is 3.39. The maximum absolute atomic E-state index is 12.5. The molecule has 0 atom stereocenters. The predicted octanol–water partition coefficient (Wildman–Crippen LogP) is 2.15. The molecule has 4 rings (SSSR count). The number of carbonyl (C=O) groups is 1. The number of benzene rings is 2. The first-order valence-corrected chi connectivity index (χ1v) is 14.5. The lowest BCUT2D eigenvalue weighted by molar-refractivity contribution is 0.0948. The van der Waals surface area contributed by atoms with E-state index in [-0.39, 0.29) is 34.7 Å². The molecule has 4 aromatic rings. The normalized spacial score (nSPS) is 11.6. The zero-order valence-electron chi connectivity index (χ0n) is 20.8. The summed E-state index contributed by atoms with van der Waals surface area (Å²) >= 11 is 0. The van der Waals surface area contributed by atoms with Crippen molar-refractivity contribution in [3.8, 4) is 5.75 Å². The summed E-state index contributed by atoms with van der Waals surface area (Å²) in [6.07, 6.45) is 1.60. The molecule has 13 nitrogen and oxygen atoms in total. The molecule has 0 saturated carbocycles. The van der Waals surface area contributed by atoms with Crippen molar-refractivity contribution in [1.82, 2.24) is 20.3 Å². The van der Waals surface area contributed by atoms with Crippen molar-refractivity contribution in [2.45, 2.75) is 13.2 Å².